The van der Waals surface area contributed by atoms with E-state index in [2.05, 4.69) is 11.6 Å². The number of benzene rings is 1. The van der Waals surface area contributed by atoms with Crippen molar-refractivity contribution in [2.24, 2.45) is 0 Å². The Balaban J connectivity index is 1.86. The lowest BCUT2D eigenvalue weighted by Gasteiger charge is -2.18. The van der Waals surface area contributed by atoms with Gasteiger partial charge in [-0.1, -0.05) is 6.42 Å². The van der Waals surface area contributed by atoms with Gasteiger partial charge in [-0.25, -0.2) is 4.39 Å². The van der Waals surface area contributed by atoms with Crippen LogP contribution in [0.3, 0.4) is 0 Å². The molecule has 0 aliphatic heterocycles. The van der Waals surface area contributed by atoms with Crippen LogP contribution < -0.4 is 11.1 Å². The maximum absolute atomic E-state index is 13.3. The Bertz CT molecular complexity index is 686. The number of thiophene rings is 1. The van der Waals surface area contributed by atoms with Gasteiger partial charge in [-0.05, 0) is 37.3 Å². The van der Waals surface area contributed by atoms with Crippen molar-refractivity contribution in [1.29, 1.82) is 0 Å². The highest BCUT2D eigenvalue weighted by molar-refractivity contribution is 7.99. The van der Waals surface area contributed by atoms with Crippen molar-refractivity contribution < 1.29 is 9.18 Å². The summed E-state index contributed by atoms with van der Waals surface area (Å²) in [5, 5.41) is 4.19. The van der Waals surface area contributed by atoms with Crippen LogP contribution in [0.5, 0.6) is 0 Å². The first-order valence-corrected chi connectivity index (χ1v) is 9.01. The third kappa shape index (κ3) is 2.74. The number of halogens is 1. The minimum Gasteiger partial charge on any atom is -0.397 e. The van der Waals surface area contributed by atoms with Gasteiger partial charge in [-0.15, -0.1) is 11.3 Å². The van der Waals surface area contributed by atoms with Crippen LogP contribution in [0.25, 0.3) is 10.1 Å². The van der Waals surface area contributed by atoms with Crippen LogP contribution in [0.15, 0.2) is 18.2 Å². The van der Waals surface area contributed by atoms with E-state index in [0.717, 1.165) is 24.0 Å². The summed E-state index contributed by atoms with van der Waals surface area (Å²) >= 11 is 3.12. The molecular formula is C15H17FN2OS2. The predicted octanol–water partition coefficient (Wildman–Crippen LogP) is 3.64. The maximum Gasteiger partial charge on any atom is 0.263 e. The quantitative estimate of drug-likeness (QED) is 0.906. The lowest BCUT2D eigenvalue weighted by Crippen LogP contribution is -2.38. The molecule has 3 N–H and O–H groups in total. The Kier molecular flexibility index (Phi) is 4.08. The van der Waals surface area contributed by atoms with Gasteiger partial charge in [0.2, 0.25) is 0 Å². The highest BCUT2D eigenvalue weighted by Crippen LogP contribution is 2.35. The van der Waals surface area contributed by atoms with Gasteiger partial charge in [0.05, 0.1) is 5.69 Å². The van der Waals surface area contributed by atoms with Crippen molar-refractivity contribution >= 4 is 44.8 Å². The van der Waals surface area contributed by atoms with Crippen molar-refractivity contribution in [2.75, 3.05) is 12.0 Å². The van der Waals surface area contributed by atoms with E-state index >= 15 is 0 Å². The van der Waals surface area contributed by atoms with Crippen LogP contribution in [0.4, 0.5) is 10.1 Å². The van der Waals surface area contributed by atoms with E-state index in [-0.39, 0.29) is 17.8 Å². The largest absolute Gasteiger partial charge is 0.397 e. The Morgan fingerprint density at radius 1 is 1.48 bits per heavy atom. The minimum atomic E-state index is -0.336. The number of rotatable bonds is 3. The number of fused-ring (bicyclic) bond motifs is 1. The van der Waals surface area contributed by atoms with Gasteiger partial charge in [0.15, 0.2) is 0 Å². The summed E-state index contributed by atoms with van der Waals surface area (Å²) in [6.07, 6.45) is 5.37. The van der Waals surface area contributed by atoms with Crippen molar-refractivity contribution in [3.8, 4) is 0 Å². The molecule has 2 atom stereocenters. The van der Waals surface area contributed by atoms with Crippen LogP contribution in [0, 0.1) is 5.82 Å². The van der Waals surface area contributed by atoms with Gasteiger partial charge in [0.25, 0.3) is 5.91 Å². The smallest absolute Gasteiger partial charge is 0.263 e. The van der Waals surface area contributed by atoms with Crippen LogP contribution in [0.2, 0.25) is 0 Å². The van der Waals surface area contributed by atoms with Gasteiger partial charge in [-0.2, -0.15) is 11.8 Å². The minimum absolute atomic E-state index is 0.139. The third-order valence-electron chi connectivity index (χ3n) is 3.97. The van der Waals surface area contributed by atoms with Gasteiger partial charge >= 0.3 is 0 Å². The first-order chi connectivity index (χ1) is 10.1. The molecule has 1 aromatic heterocycles. The molecule has 1 heterocycles. The molecule has 1 amide bonds. The summed E-state index contributed by atoms with van der Waals surface area (Å²) in [6.45, 7) is 0. The molecule has 1 aliphatic rings. The summed E-state index contributed by atoms with van der Waals surface area (Å²) in [6, 6.07) is 4.65. The van der Waals surface area contributed by atoms with E-state index in [0.29, 0.717) is 21.2 Å². The Morgan fingerprint density at radius 2 is 2.29 bits per heavy atom. The van der Waals surface area contributed by atoms with E-state index in [4.69, 9.17) is 5.73 Å². The zero-order valence-electron chi connectivity index (χ0n) is 11.7. The Hall–Kier alpha value is -1.27. The molecule has 1 aliphatic carbocycles. The number of amides is 1. The van der Waals surface area contributed by atoms with Gasteiger partial charge in [0, 0.05) is 21.4 Å². The maximum atomic E-state index is 13.3. The number of hydrogen-bond donors (Lipinski definition) is 2. The monoisotopic (exact) mass is 324 g/mol. The fourth-order valence-electron chi connectivity index (χ4n) is 2.86. The van der Waals surface area contributed by atoms with Crippen molar-refractivity contribution in [3.63, 3.8) is 0 Å². The number of thioether (sulfide) groups is 1. The zero-order chi connectivity index (χ0) is 15.0. The molecular weight excluding hydrogens is 307 g/mol. The number of hydrogen-bond acceptors (Lipinski definition) is 4. The number of nitrogens with two attached hydrogens (primary N) is 1. The van der Waals surface area contributed by atoms with Gasteiger partial charge in [-0.3, -0.25) is 4.79 Å². The van der Waals surface area contributed by atoms with Crippen LogP contribution in [0.1, 0.15) is 28.9 Å². The third-order valence-corrected chi connectivity index (χ3v) is 6.32. The van der Waals surface area contributed by atoms with Gasteiger partial charge in [0.1, 0.15) is 10.7 Å². The second-order valence-corrected chi connectivity index (χ2v) is 7.40. The van der Waals surface area contributed by atoms with Crippen LogP contribution in [-0.2, 0) is 0 Å². The molecule has 21 heavy (non-hydrogen) atoms. The zero-order valence-corrected chi connectivity index (χ0v) is 13.3. The molecule has 3 rings (SSSR count). The average molecular weight is 324 g/mol. The predicted molar refractivity (Wildman–Crippen MR) is 88.6 cm³/mol. The molecule has 0 saturated heterocycles. The van der Waals surface area contributed by atoms with Crippen molar-refractivity contribution in [1.82, 2.24) is 5.32 Å². The van der Waals surface area contributed by atoms with E-state index in [9.17, 15) is 9.18 Å². The number of carbonyl (C=O) groups excluding carboxylic acids is 1. The number of carbonyl (C=O) groups is 1. The van der Waals surface area contributed by atoms with E-state index in [1.165, 1.54) is 23.5 Å². The summed E-state index contributed by atoms with van der Waals surface area (Å²) in [4.78, 5) is 12.9. The number of anilines is 1. The van der Waals surface area contributed by atoms with E-state index in [1.54, 1.807) is 17.8 Å². The average Bonchev–Trinajstić information content (AvgIpc) is 3.04. The first kappa shape index (κ1) is 14.7. The van der Waals surface area contributed by atoms with Crippen molar-refractivity contribution in [3.05, 3.63) is 28.9 Å². The SMILES string of the molecule is CSC1CCCC1NC(=O)c1sc2ccc(F)cc2c1N. The molecule has 0 radical (unpaired) electrons. The molecule has 6 heteroatoms. The second kappa shape index (κ2) is 5.85. The molecule has 0 spiro atoms. The number of nitrogens with one attached hydrogen (secondary N) is 1. The van der Waals surface area contributed by atoms with E-state index < -0.39 is 0 Å². The van der Waals surface area contributed by atoms with Crippen LogP contribution >= 0.6 is 23.1 Å². The Morgan fingerprint density at radius 3 is 3.05 bits per heavy atom. The van der Waals surface area contributed by atoms with E-state index in [1.807, 2.05) is 0 Å². The lowest BCUT2D eigenvalue weighted by molar-refractivity contribution is 0.0943. The number of nitrogen functional groups attached to an aromatic ring is 1. The topological polar surface area (TPSA) is 55.1 Å². The molecule has 3 nitrogen and oxygen atoms in total. The summed E-state index contributed by atoms with van der Waals surface area (Å²) in [7, 11) is 0. The highest BCUT2D eigenvalue weighted by Gasteiger charge is 2.29. The van der Waals surface area contributed by atoms with Crippen LogP contribution in [-0.4, -0.2) is 23.5 Å². The fourth-order valence-corrected chi connectivity index (χ4v) is 4.81. The summed E-state index contributed by atoms with van der Waals surface area (Å²) < 4.78 is 14.1. The molecule has 1 saturated carbocycles. The lowest BCUT2D eigenvalue weighted by atomic mass is 10.2. The molecule has 0 bridgehead atoms. The normalized spacial score (nSPS) is 21.8. The van der Waals surface area contributed by atoms with Gasteiger partial charge < -0.3 is 11.1 Å². The molecule has 1 fully saturated rings. The first-order valence-electron chi connectivity index (χ1n) is 6.91. The highest BCUT2D eigenvalue weighted by atomic mass is 32.2. The summed E-state index contributed by atoms with van der Waals surface area (Å²) in [5.41, 5.74) is 6.41. The molecule has 2 aromatic rings. The molecule has 2 unspecified atom stereocenters. The van der Waals surface area contributed by atoms with Crippen molar-refractivity contribution in [2.45, 2.75) is 30.6 Å². The molecule has 1 aromatic carbocycles. The standard InChI is InChI=1S/C15H17FN2OS2/c1-20-12-4-2-3-10(12)18-15(19)14-13(17)9-7-8(16)5-6-11(9)21-14/h5-7,10,12H,2-4,17H2,1H3,(H,18,19). The Labute approximate surface area is 131 Å². The fraction of sp³-hybridized carbons (Fsp3) is 0.400. The summed E-state index contributed by atoms with van der Waals surface area (Å²) in [5.74, 6) is -0.475. The molecule has 112 valence electrons. The second-order valence-electron chi connectivity index (χ2n) is 5.27.